The van der Waals surface area contributed by atoms with Crippen LogP contribution in [0.1, 0.15) is 11.1 Å². The van der Waals surface area contributed by atoms with Crippen LogP contribution < -0.4 is 14.5 Å². The Morgan fingerprint density at radius 3 is 2.51 bits per heavy atom. The molecule has 3 aromatic rings. The number of ether oxygens (including phenoxy) is 1. The van der Waals surface area contributed by atoms with Gasteiger partial charge in [0.25, 0.3) is 21.6 Å². The third kappa shape index (κ3) is 6.43. The number of nitrogens with zero attached hydrogens (tertiary/aromatic N) is 3. The fourth-order valence-corrected chi connectivity index (χ4v) is 5.16. The monoisotopic (exact) mass is 560 g/mol. The number of nitro groups is 1. The molecule has 0 heterocycles. The first-order valence-electron chi connectivity index (χ1n) is 10.1. The minimum Gasteiger partial charge on any atom is -0.496 e. The van der Waals surface area contributed by atoms with Crippen molar-refractivity contribution in [2.75, 3.05) is 18.0 Å². The van der Waals surface area contributed by atoms with Gasteiger partial charge in [-0.3, -0.25) is 19.2 Å². The van der Waals surface area contributed by atoms with Gasteiger partial charge in [-0.15, -0.1) is 0 Å². The fraction of sp³-hybridized carbons (Fsp3) is 0.130. The Hall–Kier alpha value is -3.77. The third-order valence-corrected chi connectivity index (χ3v) is 7.19. The van der Waals surface area contributed by atoms with Gasteiger partial charge in [-0.05, 0) is 53.2 Å². The summed E-state index contributed by atoms with van der Waals surface area (Å²) >= 11 is 3.29. The maximum atomic E-state index is 13.5. The van der Waals surface area contributed by atoms with Crippen molar-refractivity contribution in [2.24, 2.45) is 5.10 Å². The summed E-state index contributed by atoms with van der Waals surface area (Å²) in [5.41, 5.74) is 3.75. The maximum Gasteiger partial charge on any atom is 0.270 e. The molecule has 182 valence electrons. The van der Waals surface area contributed by atoms with Crippen LogP contribution in [-0.2, 0) is 14.8 Å². The fourth-order valence-electron chi connectivity index (χ4n) is 3.02. The molecule has 0 aliphatic carbocycles. The molecule has 0 aromatic heterocycles. The van der Waals surface area contributed by atoms with Gasteiger partial charge in [0.2, 0.25) is 0 Å². The molecule has 0 spiro atoms. The zero-order valence-electron chi connectivity index (χ0n) is 18.7. The van der Waals surface area contributed by atoms with E-state index in [-0.39, 0.29) is 10.6 Å². The molecule has 0 fully saturated rings. The lowest BCUT2D eigenvalue weighted by atomic mass is 10.2. The molecule has 3 aromatic carbocycles. The summed E-state index contributed by atoms with van der Waals surface area (Å²) in [6, 6.07) is 16.7. The summed E-state index contributed by atoms with van der Waals surface area (Å²) in [6.07, 6.45) is 1.23. The van der Waals surface area contributed by atoms with Crippen molar-refractivity contribution in [2.45, 2.75) is 11.8 Å². The van der Waals surface area contributed by atoms with Crippen molar-refractivity contribution in [3.05, 3.63) is 92.4 Å². The van der Waals surface area contributed by atoms with Gasteiger partial charge < -0.3 is 4.74 Å². The number of amides is 1. The standard InChI is InChI=1S/C23H21BrN4O6S/c1-16-6-8-18(9-7-16)27(35(32,33)20-10-11-22(34-2)21(24)13-20)15-23(29)26-25-14-17-4-3-5-19(12-17)28(30)31/h3-14H,15H2,1-2H3,(H,26,29)/b25-14+. The number of methoxy groups -OCH3 is 1. The SMILES string of the molecule is COc1ccc(S(=O)(=O)N(CC(=O)N/N=C/c2cccc([N+](=O)[O-])c2)c2ccc(C)cc2)cc1Br. The number of benzene rings is 3. The molecule has 12 heteroatoms. The number of nitro benzene ring substituents is 1. The van der Waals surface area contributed by atoms with E-state index >= 15 is 0 Å². The van der Waals surface area contributed by atoms with Gasteiger partial charge in [0, 0.05) is 17.7 Å². The van der Waals surface area contributed by atoms with Crippen molar-refractivity contribution in [3.8, 4) is 5.75 Å². The molecule has 0 saturated heterocycles. The average molecular weight is 561 g/mol. The number of rotatable bonds is 9. The number of carbonyl (C=O) groups is 1. The maximum absolute atomic E-state index is 13.5. The number of hydrazone groups is 1. The van der Waals surface area contributed by atoms with E-state index in [0.29, 0.717) is 21.5 Å². The number of hydrogen-bond acceptors (Lipinski definition) is 7. The largest absolute Gasteiger partial charge is 0.496 e. The van der Waals surface area contributed by atoms with Crippen LogP contribution in [0.3, 0.4) is 0 Å². The van der Waals surface area contributed by atoms with Crippen LogP contribution in [0.2, 0.25) is 0 Å². The Morgan fingerprint density at radius 1 is 1.17 bits per heavy atom. The van der Waals surface area contributed by atoms with E-state index in [2.05, 4.69) is 26.5 Å². The molecule has 0 unspecified atom stereocenters. The number of nitrogens with one attached hydrogen (secondary N) is 1. The van der Waals surface area contributed by atoms with Gasteiger partial charge in [-0.25, -0.2) is 13.8 Å². The van der Waals surface area contributed by atoms with Gasteiger partial charge >= 0.3 is 0 Å². The van der Waals surface area contributed by atoms with E-state index in [1.54, 1.807) is 30.3 Å². The zero-order valence-corrected chi connectivity index (χ0v) is 21.1. The van der Waals surface area contributed by atoms with Crippen molar-refractivity contribution in [1.29, 1.82) is 0 Å². The normalized spacial score (nSPS) is 11.3. The Labute approximate surface area is 210 Å². The van der Waals surface area contributed by atoms with Crippen molar-refractivity contribution < 1.29 is 22.9 Å². The van der Waals surface area contributed by atoms with Crippen LogP contribution in [0.5, 0.6) is 5.75 Å². The topological polar surface area (TPSA) is 131 Å². The predicted molar refractivity (Wildman–Crippen MR) is 135 cm³/mol. The third-order valence-electron chi connectivity index (χ3n) is 4.80. The minimum absolute atomic E-state index is 0.0429. The molecule has 0 aliphatic heterocycles. The van der Waals surface area contributed by atoms with E-state index in [4.69, 9.17) is 4.74 Å². The first kappa shape index (κ1) is 25.8. The van der Waals surface area contributed by atoms with Crippen molar-refractivity contribution in [3.63, 3.8) is 0 Å². The molecule has 0 atom stereocenters. The molecule has 35 heavy (non-hydrogen) atoms. The lowest BCUT2D eigenvalue weighted by Crippen LogP contribution is -2.39. The molecule has 3 rings (SSSR count). The highest BCUT2D eigenvalue weighted by molar-refractivity contribution is 9.10. The Bertz CT molecular complexity index is 1380. The van der Waals surface area contributed by atoms with E-state index in [0.717, 1.165) is 9.87 Å². The van der Waals surface area contributed by atoms with Crippen LogP contribution in [-0.4, -0.2) is 39.1 Å². The number of non-ortho nitro benzene ring substituents is 1. The van der Waals surface area contributed by atoms with Crippen LogP contribution in [0.4, 0.5) is 11.4 Å². The van der Waals surface area contributed by atoms with Crippen molar-refractivity contribution >= 4 is 49.4 Å². The molecule has 0 aliphatic rings. The van der Waals surface area contributed by atoms with E-state index in [9.17, 15) is 23.3 Å². The Morgan fingerprint density at radius 2 is 1.89 bits per heavy atom. The number of anilines is 1. The molecule has 0 radical (unpaired) electrons. The Kier molecular flexibility index (Phi) is 8.20. The lowest BCUT2D eigenvalue weighted by Gasteiger charge is -2.24. The summed E-state index contributed by atoms with van der Waals surface area (Å²) in [7, 11) is -2.68. The molecule has 1 N–H and O–H groups in total. The summed E-state index contributed by atoms with van der Waals surface area (Å²) in [5.74, 6) is -0.248. The smallest absolute Gasteiger partial charge is 0.270 e. The predicted octanol–water partition coefficient (Wildman–Crippen LogP) is 4.02. The average Bonchev–Trinajstić information content (AvgIpc) is 2.83. The van der Waals surface area contributed by atoms with Crippen LogP contribution in [0.15, 0.2) is 81.2 Å². The number of sulfonamides is 1. The molecule has 0 bridgehead atoms. The molecular weight excluding hydrogens is 540 g/mol. The number of aryl methyl sites for hydroxylation is 1. The van der Waals surface area contributed by atoms with E-state index < -0.39 is 27.4 Å². The quantitative estimate of drug-likeness (QED) is 0.239. The highest BCUT2D eigenvalue weighted by atomic mass is 79.9. The van der Waals surface area contributed by atoms with Gasteiger partial charge in [0.15, 0.2) is 0 Å². The minimum atomic E-state index is -4.14. The van der Waals surface area contributed by atoms with Gasteiger partial charge in [0.1, 0.15) is 12.3 Å². The summed E-state index contributed by atoms with van der Waals surface area (Å²) in [5, 5.41) is 14.7. The van der Waals surface area contributed by atoms with Crippen LogP contribution in [0, 0.1) is 17.0 Å². The highest BCUT2D eigenvalue weighted by Gasteiger charge is 2.28. The molecule has 1 amide bonds. The molecule has 10 nitrogen and oxygen atoms in total. The second-order valence-corrected chi connectivity index (χ2v) is 10.0. The van der Waals surface area contributed by atoms with E-state index in [1.165, 1.54) is 49.7 Å². The summed E-state index contributed by atoms with van der Waals surface area (Å²) in [6.45, 7) is 1.31. The second kappa shape index (κ2) is 11.1. The van der Waals surface area contributed by atoms with Crippen LogP contribution in [0.25, 0.3) is 0 Å². The van der Waals surface area contributed by atoms with E-state index in [1.807, 2.05) is 6.92 Å². The Balaban J connectivity index is 1.85. The number of carbonyl (C=O) groups excluding carboxylic acids is 1. The second-order valence-electron chi connectivity index (χ2n) is 7.29. The summed E-state index contributed by atoms with van der Waals surface area (Å²) < 4.78 is 33.5. The zero-order chi connectivity index (χ0) is 25.6. The first-order chi connectivity index (χ1) is 16.6. The first-order valence-corrected chi connectivity index (χ1v) is 12.3. The highest BCUT2D eigenvalue weighted by Crippen LogP contribution is 2.30. The summed E-state index contributed by atoms with van der Waals surface area (Å²) in [4.78, 5) is 22.9. The van der Waals surface area contributed by atoms with Gasteiger partial charge in [-0.2, -0.15) is 5.10 Å². The molecular formula is C23H21BrN4O6S. The van der Waals surface area contributed by atoms with Crippen LogP contribution >= 0.6 is 15.9 Å². The van der Waals surface area contributed by atoms with Gasteiger partial charge in [0.05, 0.1) is 33.3 Å². The van der Waals surface area contributed by atoms with Gasteiger partial charge in [-0.1, -0.05) is 29.8 Å². The van der Waals surface area contributed by atoms with Crippen molar-refractivity contribution in [1.82, 2.24) is 5.43 Å². The lowest BCUT2D eigenvalue weighted by molar-refractivity contribution is -0.384. The number of hydrogen-bond donors (Lipinski definition) is 1. The number of halogens is 1. The molecule has 0 saturated carbocycles.